The van der Waals surface area contributed by atoms with Gasteiger partial charge in [-0.15, -0.1) is 0 Å². The molecule has 4 heteroatoms. The van der Waals surface area contributed by atoms with Crippen molar-refractivity contribution < 1.29 is 9.90 Å². The molecule has 3 nitrogen and oxygen atoms in total. The van der Waals surface area contributed by atoms with Gasteiger partial charge in [0.15, 0.2) is 0 Å². The SMILES string of the molecule is Cc1cc(Cl)cc(C(=O)N(C)CC(C)O)c1. The number of hydrogen-bond donors (Lipinski definition) is 1. The summed E-state index contributed by atoms with van der Waals surface area (Å²) in [5.74, 6) is -0.133. The van der Waals surface area contributed by atoms with Gasteiger partial charge in [0.25, 0.3) is 5.91 Å². The van der Waals surface area contributed by atoms with Crippen LogP contribution in [-0.2, 0) is 0 Å². The maximum Gasteiger partial charge on any atom is 0.253 e. The van der Waals surface area contributed by atoms with Crippen LogP contribution in [0.15, 0.2) is 18.2 Å². The third-order valence-electron chi connectivity index (χ3n) is 2.17. The van der Waals surface area contributed by atoms with E-state index < -0.39 is 6.10 Å². The van der Waals surface area contributed by atoms with Crippen LogP contribution >= 0.6 is 11.6 Å². The summed E-state index contributed by atoms with van der Waals surface area (Å²) >= 11 is 5.88. The molecular weight excluding hydrogens is 226 g/mol. The molecular formula is C12H16ClNO2. The number of aliphatic hydroxyl groups excluding tert-OH is 1. The van der Waals surface area contributed by atoms with Gasteiger partial charge >= 0.3 is 0 Å². The fourth-order valence-electron chi connectivity index (χ4n) is 1.56. The number of aliphatic hydroxyl groups is 1. The zero-order valence-corrected chi connectivity index (χ0v) is 10.5. The zero-order chi connectivity index (χ0) is 12.3. The van der Waals surface area contributed by atoms with Crippen LogP contribution < -0.4 is 0 Å². The molecule has 0 saturated carbocycles. The Hall–Kier alpha value is -1.06. The van der Waals surface area contributed by atoms with Gasteiger partial charge in [-0.3, -0.25) is 4.79 Å². The lowest BCUT2D eigenvalue weighted by Crippen LogP contribution is -2.33. The highest BCUT2D eigenvalue weighted by molar-refractivity contribution is 6.31. The predicted octanol–water partition coefficient (Wildman–Crippen LogP) is 2.10. The van der Waals surface area contributed by atoms with Crippen molar-refractivity contribution in [3.8, 4) is 0 Å². The summed E-state index contributed by atoms with van der Waals surface area (Å²) in [4.78, 5) is 13.4. The molecule has 1 aromatic rings. The molecule has 1 N–H and O–H groups in total. The van der Waals surface area contributed by atoms with Gasteiger partial charge in [-0.25, -0.2) is 0 Å². The molecule has 0 aliphatic heterocycles. The summed E-state index contributed by atoms with van der Waals surface area (Å²) < 4.78 is 0. The van der Waals surface area contributed by atoms with E-state index in [0.29, 0.717) is 17.1 Å². The van der Waals surface area contributed by atoms with Crippen molar-refractivity contribution in [1.82, 2.24) is 4.90 Å². The number of amides is 1. The van der Waals surface area contributed by atoms with E-state index in [9.17, 15) is 9.90 Å². The molecule has 0 aliphatic rings. The van der Waals surface area contributed by atoms with E-state index in [-0.39, 0.29) is 5.91 Å². The van der Waals surface area contributed by atoms with Crippen LogP contribution in [0, 0.1) is 6.92 Å². The number of aryl methyl sites for hydroxylation is 1. The van der Waals surface area contributed by atoms with Crippen LogP contribution in [-0.4, -0.2) is 35.6 Å². The Morgan fingerprint density at radius 3 is 2.62 bits per heavy atom. The monoisotopic (exact) mass is 241 g/mol. The molecule has 0 spiro atoms. The molecule has 0 fully saturated rings. The Bertz CT molecular complexity index is 370. The summed E-state index contributed by atoms with van der Waals surface area (Å²) in [6.07, 6.45) is -0.533. The second kappa shape index (κ2) is 5.32. The Morgan fingerprint density at radius 2 is 2.12 bits per heavy atom. The van der Waals surface area contributed by atoms with Gasteiger partial charge in [-0.2, -0.15) is 0 Å². The minimum absolute atomic E-state index is 0.133. The minimum atomic E-state index is -0.533. The van der Waals surface area contributed by atoms with Gasteiger partial charge in [0.2, 0.25) is 0 Å². The van der Waals surface area contributed by atoms with Gasteiger partial charge in [0.1, 0.15) is 0 Å². The smallest absolute Gasteiger partial charge is 0.253 e. The number of carbonyl (C=O) groups is 1. The maximum atomic E-state index is 11.9. The average molecular weight is 242 g/mol. The standard InChI is InChI=1S/C12H16ClNO2/c1-8-4-10(6-11(13)5-8)12(16)14(3)7-9(2)15/h4-6,9,15H,7H2,1-3H3. The van der Waals surface area contributed by atoms with Crippen molar-refractivity contribution in [3.63, 3.8) is 0 Å². The van der Waals surface area contributed by atoms with Gasteiger partial charge < -0.3 is 10.0 Å². The molecule has 1 atom stereocenters. The van der Waals surface area contributed by atoms with E-state index in [1.54, 1.807) is 32.2 Å². The maximum absolute atomic E-state index is 11.9. The number of hydrogen-bond acceptors (Lipinski definition) is 2. The second-order valence-electron chi connectivity index (χ2n) is 4.05. The van der Waals surface area contributed by atoms with Crippen molar-refractivity contribution in [2.24, 2.45) is 0 Å². The summed E-state index contributed by atoms with van der Waals surface area (Å²) in [6.45, 7) is 3.84. The highest BCUT2D eigenvalue weighted by Gasteiger charge is 2.13. The molecule has 0 aromatic heterocycles. The summed E-state index contributed by atoms with van der Waals surface area (Å²) in [5, 5.41) is 9.76. The predicted molar refractivity (Wildman–Crippen MR) is 64.8 cm³/mol. The van der Waals surface area contributed by atoms with Crippen molar-refractivity contribution in [1.29, 1.82) is 0 Å². The van der Waals surface area contributed by atoms with Crippen LogP contribution in [0.5, 0.6) is 0 Å². The molecule has 0 radical (unpaired) electrons. The largest absolute Gasteiger partial charge is 0.392 e. The number of halogens is 1. The number of nitrogens with zero attached hydrogens (tertiary/aromatic N) is 1. The molecule has 0 aliphatic carbocycles. The van der Waals surface area contributed by atoms with E-state index >= 15 is 0 Å². The zero-order valence-electron chi connectivity index (χ0n) is 9.70. The second-order valence-corrected chi connectivity index (χ2v) is 4.49. The number of rotatable bonds is 3. The molecule has 16 heavy (non-hydrogen) atoms. The normalized spacial score (nSPS) is 12.3. The fourth-order valence-corrected chi connectivity index (χ4v) is 1.85. The quantitative estimate of drug-likeness (QED) is 0.881. The van der Waals surface area contributed by atoms with Crippen LogP contribution in [0.3, 0.4) is 0 Å². The third-order valence-corrected chi connectivity index (χ3v) is 2.39. The van der Waals surface area contributed by atoms with E-state index in [2.05, 4.69) is 0 Å². The topological polar surface area (TPSA) is 40.5 Å². The first-order valence-electron chi connectivity index (χ1n) is 5.11. The van der Waals surface area contributed by atoms with Gasteiger partial charge in [-0.05, 0) is 37.6 Å². The molecule has 0 saturated heterocycles. The van der Waals surface area contributed by atoms with E-state index in [1.165, 1.54) is 4.90 Å². The first kappa shape index (κ1) is 13.0. The third kappa shape index (κ3) is 3.51. The van der Waals surface area contributed by atoms with E-state index in [1.807, 2.05) is 6.92 Å². The Kier molecular flexibility index (Phi) is 4.33. The minimum Gasteiger partial charge on any atom is -0.392 e. The van der Waals surface area contributed by atoms with Crippen molar-refractivity contribution >= 4 is 17.5 Å². The molecule has 0 bridgehead atoms. The fraction of sp³-hybridized carbons (Fsp3) is 0.417. The van der Waals surface area contributed by atoms with Crippen molar-refractivity contribution in [2.45, 2.75) is 20.0 Å². The lowest BCUT2D eigenvalue weighted by Gasteiger charge is -2.19. The molecule has 0 heterocycles. The Morgan fingerprint density at radius 1 is 1.50 bits per heavy atom. The number of likely N-dealkylation sites (N-methyl/N-ethyl adjacent to an activating group) is 1. The molecule has 1 rings (SSSR count). The van der Waals surface area contributed by atoms with Crippen molar-refractivity contribution in [2.75, 3.05) is 13.6 Å². The summed E-state index contributed by atoms with van der Waals surface area (Å²) in [6, 6.07) is 5.22. The van der Waals surface area contributed by atoms with Crippen molar-refractivity contribution in [3.05, 3.63) is 34.3 Å². The van der Waals surface area contributed by atoms with E-state index in [4.69, 9.17) is 11.6 Å². The number of carbonyl (C=O) groups excluding carboxylic acids is 1. The van der Waals surface area contributed by atoms with Crippen LogP contribution in [0.1, 0.15) is 22.8 Å². The molecule has 88 valence electrons. The van der Waals surface area contributed by atoms with Gasteiger partial charge in [0, 0.05) is 24.2 Å². The Balaban J connectivity index is 2.87. The van der Waals surface area contributed by atoms with Crippen LogP contribution in [0.25, 0.3) is 0 Å². The number of benzene rings is 1. The lowest BCUT2D eigenvalue weighted by molar-refractivity contribution is 0.0703. The van der Waals surface area contributed by atoms with Gasteiger partial charge in [0.05, 0.1) is 6.10 Å². The highest BCUT2D eigenvalue weighted by atomic mass is 35.5. The average Bonchev–Trinajstić information content (AvgIpc) is 2.13. The van der Waals surface area contributed by atoms with Gasteiger partial charge in [-0.1, -0.05) is 11.6 Å². The lowest BCUT2D eigenvalue weighted by atomic mass is 10.1. The first-order valence-corrected chi connectivity index (χ1v) is 5.48. The molecule has 1 unspecified atom stereocenters. The summed E-state index contributed by atoms with van der Waals surface area (Å²) in [5.41, 5.74) is 1.49. The van der Waals surface area contributed by atoms with Crippen LogP contribution in [0.2, 0.25) is 5.02 Å². The van der Waals surface area contributed by atoms with Crippen LogP contribution in [0.4, 0.5) is 0 Å². The Labute approximate surface area is 101 Å². The molecule has 1 aromatic carbocycles. The highest BCUT2D eigenvalue weighted by Crippen LogP contribution is 2.15. The van der Waals surface area contributed by atoms with E-state index in [0.717, 1.165) is 5.56 Å². The summed E-state index contributed by atoms with van der Waals surface area (Å²) in [7, 11) is 1.66. The molecule has 1 amide bonds. The first-order chi connectivity index (χ1) is 7.40.